The highest BCUT2D eigenvalue weighted by atomic mass is 32.2. The highest BCUT2D eigenvalue weighted by Gasteiger charge is 2.39. The lowest BCUT2D eigenvalue weighted by molar-refractivity contribution is -0.144. The molecule has 27 heavy (non-hydrogen) atoms. The number of sulfone groups is 1. The van der Waals surface area contributed by atoms with E-state index in [2.05, 4.69) is 10.1 Å². The molecule has 2 rings (SSSR count). The minimum absolute atomic E-state index is 0.0288. The van der Waals surface area contributed by atoms with E-state index in [1.54, 1.807) is 31.2 Å². The van der Waals surface area contributed by atoms with Crippen LogP contribution in [0.2, 0.25) is 0 Å². The van der Waals surface area contributed by atoms with Crippen molar-refractivity contribution < 1.29 is 32.3 Å². The van der Waals surface area contributed by atoms with Crippen LogP contribution in [0, 0.1) is 0 Å². The van der Waals surface area contributed by atoms with E-state index >= 15 is 0 Å². The van der Waals surface area contributed by atoms with Gasteiger partial charge in [-0.15, -0.1) is 0 Å². The average molecular weight is 395 g/mol. The van der Waals surface area contributed by atoms with Gasteiger partial charge in [-0.3, -0.25) is 4.79 Å². The third kappa shape index (κ3) is 6.21. The molecule has 0 saturated carbocycles. The van der Waals surface area contributed by atoms with Crippen molar-refractivity contribution in [1.29, 1.82) is 0 Å². The van der Waals surface area contributed by atoms with Gasteiger partial charge in [0.05, 0.1) is 29.7 Å². The summed E-state index contributed by atoms with van der Waals surface area (Å²) in [7, 11) is -1.86. The molecule has 8 nitrogen and oxygen atoms in total. The number of amides is 1. The molecule has 0 radical (unpaired) electrons. The van der Waals surface area contributed by atoms with E-state index in [1.807, 2.05) is 0 Å². The van der Waals surface area contributed by atoms with Gasteiger partial charge in [-0.1, -0.05) is 12.1 Å². The maximum absolute atomic E-state index is 11.9. The number of methoxy groups -OCH3 is 1. The first-order valence-corrected chi connectivity index (χ1v) is 9.99. The number of hydrogen-bond donors (Lipinski definition) is 1. The van der Waals surface area contributed by atoms with E-state index < -0.39 is 39.8 Å². The van der Waals surface area contributed by atoms with Crippen LogP contribution in [0.15, 0.2) is 30.3 Å². The molecule has 9 heteroatoms. The summed E-state index contributed by atoms with van der Waals surface area (Å²) in [5.74, 6) is -1.83. The molecule has 1 fully saturated rings. The van der Waals surface area contributed by atoms with Crippen LogP contribution < -0.4 is 5.32 Å². The SMILES string of the molecule is COC(=O)c1ccc(/C=C/C(=O)OCC(=O)N[C@]2(C)CCS(=O)(=O)C2)cc1. The van der Waals surface area contributed by atoms with E-state index in [0.29, 0.717) is 17.5 Å². The number of carbonyl (C=O) groups excluding carboxylic acids is 3. The fourth-order valence-electron chi connectivity index (χ4n) is 2.68. The fraction of sp³-hybridized carbons (Fsp3) is 0.389. The number of benzene rings is 1. The molecule has 1 amide bonds. The summed E-state index contributed by atoms with van der Waals surface area (Å²) >= 11 is 0. The highest BCUT2D eigenvalue weighted by molar-refractivity contribution is 7.91. The maximum Gasteiger partial charge on any atom is 0.337 e. The van der Waals surface area contributed by atoms with Crippen molar-refractivity contribution in [3.8, 4) is 0 Å². The Morgan fingerprint density at radius 2 is 1.89 bits per heavy atom. The van der Waals surface area contributed by atoms with Crippen LogP contribution in [0.4, 0.5) is 0 Å². The van der Waals surface area contributed by atoms with Crippen molar-refractivity contribution >= 4 is 33.8 Å². The van der Waals surface area contributed by atoms with E-state index in [9.17, 15) is 22.8 Å². The Morgan fingerprint density at radius 1 is 1.22 bits per heavy atom. The van der Waals surface area contributed by atoms with Gasteiger partial charge in [-0.05, 0) is 37.1 Å². The van der Waals surface area contributed by atoms with Crippen molar-refractivity contribution in [2.45, 2.75) is 18.9 Å². The Morgan fingerprint density at radius 3 is 2.44 bits per heavy atom. The lowest BCUT2D eigenvalue weighted by Gasteiger charge is -2.23. The smallest absolute Gasteiger partial charge is 0.337 e. The van der Waals surface area contributed by atoms with Crippen LogP contribution in [0.5, 0.6) is 0 Å². The van der Waals surface area contributed by atoms with E-state index in [-0.39, 0.29) is 11.5 Å². The molecule has 1 aliphatic heterocycles. The Balaban J connectivity index is 1.81. The van der Waals surface area contributed by atoms with Gasteiger partial charge >= 0.3 is 11.9 Å². The Bertz CT molecular complexity index is 858. The van der Waals surface area contributed by atoms with Gasteiger partial charge in [-0.2, -0.15) is 0 Å². The summed E-state index contributed by atoms with van der Waals surface area (Å²) in [4.78, 5) is 34.9. The van der Waals surface area contributed by atoms with Crippen LogP contribution in [0.25, 0.3) is 6.08 Å². The average Bonchev–Trinajstić information content (AvgIpc) is 2.90. The molecule has 1 heterocycles. The van der Waals surface area contributed by atoms with Crippen molar-refractivity contribution in [3.63, 3.8) is 0 Å². The van der Waals surface area contributed by atoms with Gasteiger partial charge in [0.15, 0.2) is 16.4 Å². The van der Waals surface area contributed by atoms with Gasteiger partial charge in [0.2, 0.25) is 0 Å². The minimum atomic E-state index is -3.14. The number of ether oxygens (including phenoxy) is 2. The largest absolute Gasteiger partial charge is 0.465 e. The van der Waals surface area contributed by atoms with Crippen LogP contribution in [0.1, 0.15) is 29.3 Å². The van der Waals surface area contributed by atoms with E-state index in [1.165, 1.54) is 13.2 Å². The van der Waals surface area contributed by atoms with Crippen LogP contribution in [-0.2, 0) is 28.9 Å². The van der Waals surface area contributed by atoms with Gasteiger partial charge in [0.25, 0.3) is 5.91 Å². The van der Waals surface area contributed by atoms with Crippen molar-refractivity contribution in [3.05, 3.63) is 41.5 Å². The Kier molecular flexibility index (Phi) is 6.37. The molecule has 0 unspecified atom stereocenters. The molecular weight excluding hydrogens is 374 g/mol. The zero-order chi connectivity index (χ0) is 20.1. The molecular formula is C18H21NO7S. The lowest BCUT2D eigenvalue weighted by atomic mass is 10.0. The summed E-state index contributed by atoms with van der Waals surface area (Å²) in [6.45, 7) is 1.15. The third-order valence-corrected chi connectivity index (χ3v) is 5.94. The molecule has 1 aliphatic rings. The topological polar surface area (TPSA) is 116 Å². The summed E-state index contributed by atoms with van der Waals surface area (Å²) in [5.41, 5.74) is 0.212. The summed E-state index contributed by atoms with van der Waals surface area (Å²) in [5, 5.41) is 2.60. The minimum Gasteiger partial charge on any atom is -0.465 e. The second-order valence-electron chi connectivity index (χ2n) is 6.51. The van der Waals surface area contributed by atoms with Crippen LogP contribution in [-0.4, -0.2) is 57.0 Å². The zero-order valence-electron chi connectivity index (χ0n) is 15.1. The molecule has 1 N–H and O–H groups in total. The second kappa shape index (κ2) is 8.34. The van der Waals surface area contributed by atoms with Crippen molar-refractivity contribution in [1.82, 2.24) is 5.32 Å². The summed E-state index contributed by atoms with van der Waals surface area (Å²) in [6, 6.07) is 6.37. The van der Waals surface area contributed by atoms with Crippen LogP contribution in [0.3, 0.4) is 0 Å². The molecule has 1 saturated heterocycles. The summed E-state index contributed by atoms with van der Waals surface area (Å²) in [6.07, 6.45) is 2.96. The molecule has 0 spiro atoms. The standard InChI is InChI=1S/C18H21NO7S/c1-18(9-10-27(23,24)12-18)19-15(20)11-26-16(21)8-5-13-3-6-14(7-4-13)17(22)25-2/h3-8H,9-12H2,1-2H3,(H,19,20)/b8-5+/t18-/m1/s1. The molecule has 146 valence electrons. The molecule has 0 aliphatic carbocycles. The monoisotopic (exact) mass is 395 g/mol. The first-order chi connectivity index (χ1) is 12.6. The highest BCUT2D eigenvalue weighted by Crippen LogP contribution is 2.22. The molecule has 0 aromatic heterocycles. The lowest BCUT2D eigenvalue weighted by Crippen LogP contribution is -2.48. The van der Waals surface area contributed by atoms with Gasteiger partial charge < -0.3 is 14.8 Å². The van der Waals surface area contributed by atoms with Gasteiger partial charge in [0.1, 0.15) is 0 Å². The van der Waals surface area contributed by atoms with Gasteiger partial charge in [0, 0.05) is 6.08 Å². The summed E-state index contributed by atoms with van der Waals surface area (Å²) < 4.78 is 32.5. The Hall–Kier alpha value is -2.68. The number of hydrogen-bond acceptors (Lipinski definition) is 7. The second-order valence-corrected chi connectivity index (χ2v) is 8.69. The Labute approximate surface area is 157 Å². The number of esters is 2. The number of nitrogens with one attached hydrogen (secondary N) is 1. The molecule has 1 aromatic carbocycles. The molecule has 1 atom stereocenters. The predicted octanol–water partition coefficient (Wildman–Crippen LogP) is 0.723. The normalized spacial score (nSPS) is 21.0. The molecule has 1 aromatic rings. The quantitative estimate of drug-likeness (QED) is 0.557. The first kappa shape index (κ1) is 20.6. The van der Waals surface area contributed by atoms with Crippen molar-refractivity contribution in [2.75, 3.05) is 25.2 Å². The van der Waals surface area contributed by atoms with E-state index in [4.69, 9.17) is 4.74 Å². The third-order valence-electron chi connectivity index (χ3n) is 4.03. The molecule has 0 bridgehead atoms. The van der Waals surface area contributed by atoms with E-state index in [0.717, 1.165) is 6.08 Å². The first-order valence-electron chi connectivity index (χ1n) is 8.17. The van der Waals surface area contributed by atoms with Crippen LogP contribution >= 0.6 is 0 Å². The van der Waals surface area contributed by atoms with Gasteiger partial charge in [-0.25, -0.2) is 18.0 Å². The number of rotatable bonds is 6. The predicted molar refractivity (Wildman–Crippen MR) is 97.6 cm³/mol. The maximum atomic E-state index is 11.9. The van der Waals surface area contributed by atoms with Crippen molar-refractivity contribution in [2.24, 2.45) is 0 Å². The zero-order valence-corrected chi connectivity index (χ0v) is 15.9. The fourth-order valence-corrected chi connectivity index (χ4v) is 4.77. The number of carbonyl (C=O) groups is 3.